The Morgan fingerprint density at radius 3 is 1.72 bits per heavy atom. The summed E-state index contributed by atoms with van der Waals surface area (Å²) in [7, 11) is 4.08. The molecule has 0 radical (unpaired) electrons. The Hall–Kier alpha value is -3.82. The van der Waals surface area contributed by atoms with Crippen LogP contribution in [0.25, 0.3) is 18.2 Å². The Labute approximate surface area is 191 Å². The van der Waals surface area contributed by atoms with E-state index in [0.717, 1.165) is 35.1 Å². The number of nitrogens with zero attached hydrogens (tertiary/aromatic N) is 3. The van der Waals surface area contributed by atoms with E-state index in [1.54, 1.807) is 0 Å². The van der Waals surface area contributed by atoms with Gasteiger partial charge in [-0.25, -0.2) is 0 Å². The van der Waals surface area contributed by atoms with Gasteiger partial charge in [-0.15, -0.1) is 0 Å². The van der Waals surface area contributed by atoms with Crippen LogP contribution in [0.3, 0.4) is 0 Å². The summed E-state index contributed by atoms with van der Waals surface area (Å²) in [4.78, 5) is 2.09. The average Bonchev–Trinajstić information content (AvgIpc) is 2.77. The Morgan fingerprint density at radius 2 is 1.25 bits per heavy atom. The van der Waals surface area contributed by atoms with Crippen LogP contribution >= 0.6 is 0 Å². The Balaban J connectivity index is 1.72. The molecule has 160 valence electrons. The summed E-state index contributed by atoms with van der Waals surface area (Å²) in [6.07, 6.45) is 12.1. The molecular weight excluding hydrogens is 390 g/mol. The highest BCUT2D eigenvalue weighted by Crippen LogP contribution is 2.39. The fraction of sp³-hybridized carbons (Fsp3) is 0.241. The number of hydrogen-bond donors (Lipinski definition) is 0. The molecule has 0 unspecified atom stereocenters. The first-order valence-electron chi connectivity index (χ1n) is 10.8. The quantitative estimate of drug-likeness (QED) is 0.386. The highest BCUT2D eigenvalue weighted by atomic mass is 15.1. The van der Waals surface area contributed by atoms with Crippen molar-refractivity contribution in [3.05, 3.63) is 94.1 Å². The van der Waals surface area contributed by atoms with E-state index in [-0.39, 0.29) is 11.0 Å². The van der Waals surface area contributed by atoms with Gasteiger partial charge >= 0.3 is 0 Å². The number of anilines is 1. The number of benzene rings is 2. The summed E-state index contributed by atoms with van der Waals surface area (Å²) >= 11 is 0. The zero-order valence-corrected chi connectivity index (χ0v) is 19.3. The van der Waals surface area contributed by atoms with Gasteiger partial charge in [-0.3, -0.25) is 0 Å². The fourth-order valence-corrected chi connectivity index (χ4v) is 3.89. The second-order valence-corrected chi connectivity index (χ2v) is 9.18. The molecule has 1 aliphatic carbocycles. The largest absolute Gasteiger partial charge is 0.378 e. The molecule has 2 aromatic rings. The van der Waals surface area contributed by atoms with Gasteiger partial charge in [0.25, 0.3) is 0 Å². The standard InChI is InChI=1S/C29H29N3/c1-29(2)18-25(17-26(19-29)27(20-30)21-31)12-11-23-7-5-22(6-8-23)9-10-24-13-15-28(16-14-24)32(3)4/h5-17H,18-19H2,1-4H3/b10-9+,12-11+. The molecule has 1 aliphatic rings. The summed E-state index contributed by atoms with van der Waals surface area (Å²) in [6, 6.07) is 21.0. The van der Waals surface area contributed by atoms with Gasteiger partial charge in [0.2, 0.25) is 0 Å². The van der Waals surface area contributed by atoms with Crippen molar-refractivity contribution in [3.63, 3.8) is 0 Å². The van der Waals surface area contributed by atoms with Crippen molar-refractivity contribution in [3.8, 4) is 12.1 Å². The fourth-order valence-electron chi connectivity index (χ4n) is 3.89. The topological polar surface area (TPSA) is 50.8 Å². The number of hydrogen-bond acceptors (Lipinski definition) is 3. The third kappa shape index (κ3) is 6.10. The zero-order chi connectivity index (χ0) is 23.1. The lowest BCUT2D eigenvalue weighted by molar-refractivity contribution is 0.354. The maximum absolute atomic E-state index is 9.23. The number of allylic oxidation sites excluding steroid dienone is 5. The van der Waals surface area contributed by atoms with Crippen molar-refractivity contribution in [2.75, 3.05) is 19.0 Å². The minimum atomic E-state index is 0.0299. The summed E-state index contributed by atoms with van der Waals surface area (Å²) < 4.78 is 0. The molecule has 0 aliphatic heterocycles. The monoisotopic (exact) mass is 419 g/mol. The van der Waals surface area contributed by atoms with Crippen LogP contribution in [-0.4, -0.2) is 14.1 Å². The number of rotatable bonds is 5. The van der Waals surface area contributed by atoms with Gasteiger partial charge in [0.05, 0.1) is 0 Å². The summed E-state index contributed by atoms with van der Waals surface area (Å²) in [5.74, 6) is 0. The van der Waals surface area contributed by atoms with E-state index < -0.39 is 0 Å². The smallest absolute Gasteiger partial charge is 0.132 e. The molecule has 0 N–H and O–H groups in total. The summed E-state index contributed by atoms with van der Waals surface area (Å²) in [5, 5.41) is 18.5. The SMILES string of the molecule is CN(C)c1ccc(/C=C/c2ccc(/C=C/C3=CC(=C(C#N)C#N)CC(C)(C)C3)cc2)cc1. The lowest BCUT2D eigenvalue weighted by Crippen LogP contribution is -2.17. The molecule has 0 amide bonds. The third-order valence-electron chi connectivity index (χ3n) is 5.56. The first-order chi connectivity index (χ1) is 15.3. The first-order valence-corrected chi connectivity index (χ1v) is 10.8. The molecule has 2 aromatic carbocycles. The molecule has 3 rings (SSSR count). The normalized spacial score (nSPS) is 15.3. The van der Waals surface area contributed by atoms with E-state index in [4.69, 9.17) is 0 Å². The van der Waals surface area contributed by atoms with Crippen molar-refractivity contribution < 1.29 is 0 Å². The zero-order valence-electron chi connectivity index (χ0n) is 19.3. The molecular formula is C29H29N3. The van der Waals surface area contributed by atoms with Gasteiger partial charge in [-0.05, 0) is 58.2 Å². The summed E-state index contributed by atoms with van der Waals surface area (Å²) in [6.45, 7) is 4.35. The minimum Gasteiger partial charge on any atom is -0.378 e. The predicted molar refractivity (Wildman–Crippen MR) is 135 cm³/mol. The van der Waals surface area contributed by atoms with E-state index in [9.17, 15) is 10.5 Å². The highest BCUT2D eigenvalue weighted by Gasteiger charge is 2.26. The molecule has 0 aromatic heterocycles. The van der Waals surface area contributed by atoms with Crippen LogP contribution in [0.15, 0.2) is 77.4 Å². The van der Waals surface area contributed by atoms with Gasteiger partial charge in [-0.1, -0.05) is 80.6 Å². The molecule has 32 heavy (non-hydrogen) atoms. The molecule has 0 bridgehead atoms. The highest BCUT2D eigenvalue weighted by molar-refractivity contribution is 5.71. The molecule has 0 saturated carbocycles. The van der Waals surface area contributed by atoms with Crippen molar-refractivity contribution in [1.82, 2.24) is 0 Å². The van der Waals surface area contributed by atoms with E-state index in [1.807, 2.05) is 32.3 Å². The maximum Gasteiger partial charge on any atom is 0.132 e. The molecule has 0 fully saturated rings. The Morgan fingerprint density at radius 1 is 0.781 bits per heavy atom. The van der Waals surface area contributed by atoms with Crippen molar-refractivity contribution in [2.45, 2.75) is 26.7 Å². The third-order valence-corrected chi connectivity index (χ3v) is 5.56. The van der Waals surface area contributed by atoms with E-state index in [0.29, 0.717) is 0 Å². The minimum absolute atomic E-state index is 0.0299. The molecule has 0 atom stereocenters. The van der Waals surface area contributed by atoms with Crippen LogP contribution < -0.4 is 4.90 Å². The molecule has 0 heterocycles. The van der Waals surface area contributed by atoms with Crippen molar-refractivity contribution in [2.24, 2.45) is 5.41 Å². The van der Waals surface area contributed by atoms with Gasteiger partial charge in [-0.2, -0.15) is 10.5 Å². The number of nitriles is 2. The van der Waals surface area contributed by atoms with Gasteiger partial charge < -0.3 is 4.90 Å². The van der Waals surface area contributed by atoms with Crippen molar-refractivity contribution in [1.29, 1.82) is 10.5 Å². The lowest BCUT2D eigenvalue weighted by Gasteiger charge is -2.30. The van der Waals surface area contributed by atoms with Crippen LogP contribution in [-0.2, 0) is 0 Å². The molecule has 0 saturated heterocycles. The van der Waals surface area contributed by atoms with E-state index in [1.165, 1.54) is 11.3 Å². The van der Waals surface area contributed by atoms with Crippen LogP contribution in [0.4, 0.5) is 5.69 Å². The average molecular weight is 420 g/mol. The maximum atomic E-state index is 9.23. The van der Waals surface area contributed by atoms with E-state index >= 15 is 0 Å². The lowest BCUT2D eigenvalue weighted by atomic mass is 9.74. The Bertz CT molecular complexity index is 1140. The predicted octanol–water partition coefficient (Wildman–Crippen LogP) is 7.03. The van der Waals surface area contributed by atoms with Crippen LogP contribution in [0.1, 0.15) is 43.4 Å². The molecule has 0 spiro atoms. The molecule has 3 heteroatoms. The molecule has 3 nitrogen and oxygen atoms in total. The second-order valence-electron chi connectivity index (χ2n) is 9.18. The van der Waals surface area contributed by atoms with E-state index in [2.05, 4.69) is 91.6 Å². The van der Waals surface area contributed by atoms with Crippen LogP contribution in [0.5, 0.6) is 0 Å². The van der Waals surface area contributed by atoms with Crippen LogP contribution in [0.2, 0.25) is 0 Å². The van der Waals surface area contributed by atoms with Gasteiger partial charge in [0, 0.05) is 19.8 Å². The van der Waals surface area contributed by atoms with Gasteiger partial charge in [0.1, 0.15) is 17.7 Å². The van der Waals surface area contributed by atoms with Crippen molar-refractivity contribution >= 4 is 23.9 Å². The second kappa shape index (κ2) is 9.99. The van der Waals surface area contributed by atoms with Gasteiger partial charge in [0.15, 0.2) is 0 Å². The Kier molecular flexibility index (Phi) is 7.14. The first kappa shape index (κ1) is 22.9. The van der Waals surface area contributed by atoms with Crippen LogP contribution in [0, 0.1) is 28.1 Å². The summed E-state index contributed by atoms with van der Waals surface area (Å²) in [5.41, 5.74) is 6.86.